The fourth-order valence-corrected chi connectivity index (χ4v) is 6.58. The van der Waals surface area contributed by atoms with E-state index in [4.69, 9.17) is 32.9 Å². The first-order valence-electron chi connectivity index (χ1n) is 13.8. The van der Waals surface area contributed by atoms with Gasteiger partial charge < -0.3 is 19.7 Å². The number of β-amino-alcohol motifs (C(OH)–C–C–N with tert-alkyl or cyclic N) is 1. The maximum atomic E-state index is 15.4. The summed E-state index contributed by atoms with van der Waals surface area (Å²) >= 11 is 13.6. The van der Waals surface area contributed by atoms with Gasteiger partial charge >= 0.3 is 5.69 Å². The average molecular weight is 640 g/mol. The number of ether oxygens (including phenoxy) is 1. The smallest absolute Gasteiger partial charge is 0.330 e. The number of fused-ring (bicyclic) bond motifs is 1. The number of amides is 1. The monoisotopic (exact) mass is 639 g/mol. The second-order valence-electron chi connectivity index (χ2n) is 11.0. The predicted molar refractivity (Wildman–Crippen MR) is 165 cm³/mol. The third kappa shape index (κ3) is 4.99. The van der Waals surface area contributed by atoms with Crippen LogP contribution in [0.15, 0.2) is 52.2 Å². The molecule has 2 aromatic heterocycles. The van der Waals surface area contributed by atoms with Gasteiger partial charge in [-0.15, -0.1) is 0 Å². The van der Waals surface area contributed by atoms with Crippen molar-refractivity contribution in [3.05, 3.63) is 96.0 Å². The second-order valence-corrected chi connectivity index (χ2v) is 11.7. The van der Waals surface area contributed by atoms with E-state index in [0.717, 1.165) is 45.4 Å². The number of likely N-dealkylation sites (tertiary alicyclic amines) is 1. The van der Waals surface area contributed by atoms with E-state index in [2.05, 4.69) is 10.2 Å². The number of nitrogens with zero attached hydrogens (tertiary/aromatic N) is 4. The molecule has 1 aliphatic heterocycles. The van der Waals surface area contributed by atoms with E-state index in [0.29, 0.717) is 30.2 Å². The molecular formula is C31H28Cl2FN5O5. The Bertz CT molecular complexity index is 1950. The van der Waals surface area contributed by atoms with Gasteiger partial charge in [-0.3, -0.25) is 19.1 Å². The van der Waals surface area contributed by atoms with E-state index >= 15 is 4.39 Å². The van der Waals surface area contributed by atoms with E-state index in [1.54, 1.807) is 25.3 Å². The number of aromatic nitrogens is 3. The number of aliphatic hydroxyl groups excluding tert-OH is 1. The Morgan fingerprint density at radius 1 is 1.11 bits per heavy atom. The predicted octanol–water partition coefficient (Wildman–Crippen LogP) is 4.18. The van der Waals surface area contributed by atoms with Gasteiger partial charge in [0.1, 0.15) is 11.4 Å². The van der Waals surface area contributed by atoms with Gasteiger partial charge in [0.2, 0.25) is 5.88 Å². The SMILES string of the molecule is COc1nc(-c2cccc(-c3c(F)ccc(NC(=O)c4cn(C)c(=O)n(C)c4=O)c3Cl)c2Cl)cc2c1[C@@H](N1CC(O)C1)CC2. The minimum absolute atomic E-state index is 0.0462. The lowest BCUT2D eigenvalue weighted by atomic mass is 9.98. The highest BCUT2D eigenvalue weighted by atomic mass is 35.5. The summed E-state index contributed by atoms with van der Waals surface area (Å²) in [6.45, 7) is 1.22. The van der Waals surface area contributed by atoms with Gasteiger partial charge in [-0.1, -0.05) is 41.4 Å². The van der Waals surface area contributed by atoms with Crippen molar-refractivity contribution in [1.82, 2.24) is 19.0 Å². The molecule has 1 amide bonds. The highest BCUT2D eigenvalue weighted by Crippen LogP contribution is 2.46. The minimum Gasteiger partial charge on any atom is -0.481 e. The molecule has 10 nitrogen and oxygen atoms in total. The molecule has 13 heteroatoms. The minimum atomic E-state index is -0.819. The van der Waals surface area contributed by atoms with Crippen LogP contribution in [0.5, 0.6) is 5.88 Å². The summed E-state index contributed by atoms with van der Waals surface area (Å²) < 4.78 is 23.0. The van der Waals surface area contributed by atoms with E-state index in [1.165, 1.54) is 20.2 Å². The number of methoxy groups -OCH3 is 1. The van der Waals surface area contributed by atoms with Crippen LogP contribution in [0.25, 0.3) is 22.4 Å². The highest BCUT2D eigenvalue weighted by molar-refractivity contribution is 6.39. The van der Waals surface area contributed by atoms with E-state index in [9.17, 15) is 19.5 Å². The molecule has 4 aromatic rings. The summed E-state index contributed by atoms with van der Waals surface area (Å²) in [5.41, 5.74) is 1.75. The molecule has 228 valence electrons. The fourth-order valence-electron chi connectivity index (χ4n) is 5.96. The molecule has 2 aliphatic rings. The van der Waals surface area contributed by atoms with Crippen LogP contribution in [0.4, 0.5) is 10.1 Å². The number of aliphatic hydroxyl groups is 1. The number of aryl methyl sites for hydroxylation is 2. The molecule has 44 heavy (non-hydrogen) atoms. The number of halogens is 3. The van der Waals surface area contributed by atoms with E-state index in [1.807, 2.05) is 6.07 Å². The number of carbonyl (C=O) groups is 1. The molecule has 0 radical (unpaired) electrons. The number of nitrogens with one attached hydrogen (secondary N) is 1. The number of carbonyl (C=O) groups excluding carboxylic acids is 1. The van der Waals surface area contributed by atoms with Gasteiger partial charge in [0, 0.05) is 61.7 Å². The van der Waals surface area contributed by atoms with Gasteiger partial charge in [-0.05, 0) is 36.6 Å². The van der Waals surface area contributed by atoms with Crippen LogP contribution in [0.3, 0.4) is 0 Å². The largest absolute Gasteiger partial charge is 0.481 e. The molecule has 1 aliphatic carbocycles. The fraction of sp³-hybridized carbons (Fsp3) is 0.290. The Balaban J connectivity index is 1.37. The molecule has 1 atom stereocenters. The summed E-state index contributed by atoms with van der Waals surface area (Å²) in [7, 11) is 4.24. The van der Waals surface area contributed by atoms with Crippen molar-refractivity contribution in [2.45, 2.75) is 25.0 Å². The number of pyridine rings is 1. The van der Waals surface area contributed by atoms with Crippen molar-refractivity contribution < 1.29 is 19.0 Å². The molecule has 0 saturated carbocycles. The molecule has 1 saturated heterocycles. The third-order valence-corrected chi connectivity index (χ3v) is 9.03. The van der Waals surface area contributed by atoms with Gasteiger partial charge in [-0.2, -0.15) is 0 Å². The molecule has 2 N–H and O–H groups in total. The lowest BCUT2D eigenvalue weighted by Gasteiger charge is -2.40. The number of rotatable bonds is 6. The van der Waals surface area contributed by atoms with Crippen LogP contribution in [0.1, 0.15) is 33.9 Å². The van der Waals surface area contributed by atoms with Crippen molar-refractivity contribution in [3.8, 4) is 28.3 Å². The lowest BCUT2D eigenvalue weighted by molar-refractivity contribution is -0.0256. The zero-order valence-corrected chi connectivity index (χ0v) is 25.5. The maximum Gasteiger partial charge on any atom is 0.330 e. The highest BCUT2D eigenvalue weighted by Gasteiger charge is 2.38. The number of hydrogen-bond acceptors (Lipinski definition) is 7. The summed E-state index contributed by atoms with van der Waals surface area (Å²) in [6.07, 6.45) is 2.49. The quantitative estimate of drug-likeness (QED) is 0.325. The summed E-state index contributed by atoms with van der Waals surface area (Å²) in [5.74, 6) is -1.02. The zero-order valence-electron chi connectivity index (χ0n) is 24.0. The Labute approximate surface area is 261 Å². The normalized spacial score (nSPS) is 16.5. The van der Waals surface area contributed by atoms with Gasteiger partial charge in [-0.25, -0.2) is 14.2 Å². The average Bonchev–Trinajstić information content (AvgIpc) is 3.41. The Morgan fingerprint density at radius 2 is 1.84 bits per heavy atom. The summed E-state index contributed by atoms with van der Waals surface area (Å²) in [6, 6.07) is 9.58. The molecule has 0 bridgehead atoms. The topological polar surface area (TPSA) is 119 Å². The molecular weight excluding hydrogens is 612 g/mol. The molecule has 6 rings (SSSR count). The van der Waals surface area contributed by atoms with E-state index < -0.39 is 23.0 Å². The second kappa shape index (κ2) is 11.5. The molecule has 3 heterocycles. The first-order valence-corrected chi connectivity index (χ1v) is 14.6. The van der Waals surface area contributed by atoms with Gasteiger partial charge in [0.15, 0.2) is 0 Å². The summed E-state index contributed by atoms with van der Waals surface area (Å²) in [4.78, 5) is 44.6. The standard InChI is InChI=1S/C31H28Cl2FN5O5/c1-37-14-19(30(42)38(2)31(37)43)28(41)35-21-9-8-20(34)25(27(21)33)18-6-4-5-17(26(18)32)22-11-15-7-10-23(39-12-16(40)13-39)24(15)29(36-22)44-3/h4-6,8-9,11,14,16,23,40H,7,10,12-13H2,1-3H3,(H,35,41)/t23-/m0/s1. The number of anilines is 1. The van der Waals surface area contributed by atoms with Crippen molar-refractivity contribution in [3.63, 3.8) is 0 Å². The third-order valence-electron chi connectivity index (χ3n) is 8.23. The molecule has 0 spiro atoms. The Kier molecular flexibility index (Phi) is 7.83. The van der Waals surface area contributed by atoms with Crippen LogP contribution in [0.2, 0.25) is 10.0 Å². The van der Waals surface area contributed by atoms with Crippen LogP contribution >= 0.6 is 23.2 Å². The molecule has 0 unspecified atom stereocenters. The number of benzene rings is 2. The maximum absolute atomic E-state index is 15.4. The van der Waals surface area contributed by atoms with Crippen molar-refractivity contribution >= 4 is 34.8 Å². The lowest BCUT2D eigenvalue weighted by Crippen LogP contribution is -2.51. The first-order chi connectivity index (χ1) is 21.0. The van der Waals surface area contributed by atoms with Crippen LogP contribution in [-0.4, -0.2) is 56.3 Å². The van der Waals surface area contributed by atoms with E-state index in [-0.39, 0.29) is 44.6 Å². The van der Waals surface area contributed by atoms with Crippen molar-refractivity contribution in [2.75, 3.05) is 25.5 Å². The Morgan fingerprint density at radius 3 is 2.55 bits per heavy atom. The van der Waals surface area contributed by atoms with Crippen molar-refractivity contribution in [2.24, 2.45) is 14.1 Å². The molecule has 2 aromatic carbocycles. The number of hydrogen-bond donors (Lipinski definition) is 2. The Hall–Kier alpha value is -4.03. The van der Waals surface area contributed by atoms with Crippen LogP contribution < -0.4 is 21.3 Å². The molecule has 1 fully saturated rings. The van der Waals surface area contributed by atoms with Gasteiger partial charge in [0.05, 0.1) is 34.6 Å². The van der Waals surface area contributed by atoms with Crippen molar-refractivity contribution in [1.29, 1.82) is 0 Å². The zero-order chi connectivity index (χ0) is 31.4. The summed E-state index contributed by atoms with van der Waals surface area (Å²) in [5, 5.41) is 12.4. The van der Waals surface area contributed by atoms with Gasteiger partial charge in [0.25, 0.3) is 11.5 Å². The first kappa shape index (κ1) is 30.0. The van der Waals surface area contributed by atoms with Crippen LogP contribution in [0, 0.1) is 5.82 Å². The van der Waals surface area contributed by atoms with Crippen LogP contribution in [-0.2, 0) is 20.5 Å².